The number of nitrogens with zero attached hydrogens (tertiary/aromatic N) is 3. The molecule has 0 fully saturated rings. The fourth-order valence-electron chi connectivity index (χ4n) is 1.77. The molecule has 0 spiro atoms. The van der Waals surface area contributed by atoms with Crippen molar-refractivity contribution in [1.29, 1.82) is 0 Å². The molecule has 0 atom stereocenters. The number of likely N-dealkylation sites (N-methyl/N-ethyl adjacent to an activating group) is 1. The van der Waals surface area contributed by atoms with Gasteiger partial charge in [0.2, 0.25) is 5.88 Å². The number of rotatable bonds is 8. The Morgan fingerprint density at radius 2 is 1.95 bits per heavy atom. The van der Waals surface area contributed by atoms with Crippen molar-refractivity contribution in [3.8, 4) is 5.88 Å². The number of aromatic nitrogens is 2. The smallest absolute Gasteiger partial charge is 0.222 e. The molecule has 1 N–H and O–H groups in total. The zero-order valence-corrected chi connectivity index (χ0v) is 14.5. The van der Waals surface area contributed by atoms with Gasteiger partial charge in [0.15, 0.2) is 0 Å². The fourth-order valence-corrected chi connectivity index (χ4v) is 1.77. The molecule has 0 aliphatic carbocycles. The van der Waals surface area contributed by atoms with Gasteiger partial charge in [-0.3, -0.25) is 0 Å². The molecule has 0 radical (unpaired) electrons. The van der Waals surface area contributed by atoms with Gasteiger partial charge >= 0.3 is 0 Å². The molecule has 1 aromatic rings. The first-order valence-corrected chi connectivity index (χ1v) is 7.68. The second-order valence-corrected chi connectivity index (χ2v) is 6.52. The molecule has 0 saturated heterocycles. The summed E-state index contributed by atoms with van der Waals surface area (Å²) in [4.78, 5) is 10.9. The van der Waals surface area contributed by atoms with Crippen LogP contribution in [-0.2, 0) is 0 Å². The first-order valence-electron chi connectivity index (χ1n) is 7.68. The van der Waals surface area contributed by atoms with Crippen LogP contribution in [0.4, 0.5) is 5.82 Å². The van der Waals surface area contributed by atoms with Gasteiger partial charge in [-0.25, -0.2) is 9.97 Å². The SMILES string of the molecule is CCCNc1ncnc(OCC(C)(C)N(C)C)c1C(C)C. The molecule has 1 heterocycles. The minimum atomic E-state index is -0.0454. The topological polar surface area (TPSA) is 50.3 Å². The Bertz CT molecular complexity index is 444. The third-order valence-corrected chi connectivity index (χ3v) is 3.74. The number of hydrogen-bond acceptors (Lipinski definition) is 5. The van der Waals surface area contributed by atoms with Crippen molar-refractivity contribution in [2.24, 2.45) is 0 Å². The van der Waals surface area contributed by atoms with E-state index in [1.165, 1.54) is 0 Å². The van der Waals surface area contributed by atoms with Gasteiger partial charge in [0.05, 0.1) is 5.56 Å². The Balaban J connectivity index is 2.96. The maximum absolute atomic E-state index is 6.01. The zero-order chi connectivity index (χ0) is 16.0. The van der Waals surface area contributed by atoms with Gasteiger partial charge in [-0.05, 0) is 40.3 Å². The van der Waals surface area contributed by atoms with Gasteiger partial charge in [0.25, 0.3) is 0 Å². The standard InChI is InChI=1S/C16H30N4O/c1-8-9-17-14-13(12(2)3)15(19-11-18-14)21-10-16(4,5)20(6)7/h11-12H,8-10H2,1-7H3,(H,17,18,19). The van der Waals surface area contributed by atoms with E-state index in [1.807, 2.05) is 0 Å². The van der Waals surface area contributed by atoms with E-state index in [0.717, 1.165) is 24.3 Å². The van der Waals surface area contributed by atoms with Crippen molar-refractivity contribution in [3.05, 3.63) is 11.9 Å². The monoisotopic (exact) mass is 294 g/mol. The highest BCUT2D eigenvalue weighted by Gasteiger charge is 2.23. The summed E-state index contributed by atoms with van der Waals surface area (Å²) >= 11 is 0. The van der Waals surface area contributed by atoms with Gasteiger partial charge in [0.1, 0.15) is 18.8 Å². The Kier molecular flexibility index (Phi) is 6.40. The molecule has 1 rings (SSSR count). The van der Waals surface area contributed by atoms with E-state index in [4.69, 9.17) is 4.74 Å². The fraction of sp³-hybridized carbons (Fsp3) is 0.750. The minimum absolute atomic E-state index is 0.0454. The largest absolute Gasteiger partial charge is 0.475 e. The summed E-state index contributed by atoms with van der Waals surface area (Å²) in [5.74, 6) is 1.89. The van der Waals surface area contributed by atoms with Crippen LogP contribution in [0.25, 0.3) is 0 Å². The molecule has 120 valence electrons. The Morgan fingerprint density at radius 3 is 2.48 bits per heavy atom. The molecule has 1 aromatic heterocycles. The van der Waals surface area contributed by atoms with Gasteiger partial charge in [-0.15, -0.1) is 0 Å². The van der Waals surface area contributed by atoms with Gasteiger partial charge in [0, 0.05) is 12.1 Å². The number of nitrogens with one attached hydrogen (secondary N) is 1. The lowest BCUT2D eigenvalue weighted by atomic mass is 10.0. The number of hydrogen-bond donors (Lipinski definition) is 1. The van der Waals surface area contributed by atoms with Crippen molar-refractivity contribution in [2.75, 3.05) is 32.6 Å². The Hall–Kier alpha value is -1.36. The average molecular weight is 294 g/mol. The summed E-state index contributed by atoms with van der Waals surface area (Å²) in [5, 5.41) is 3.36. The lowest BCUT2D eigenvalue weighted by Crippen LogP contribution is -2.43. The van der Waals surface area contributed by atoms with Crippen LogP contribution in [-0.4, -0.2) is 47.7 Å². The van der Waals surface area contributed by atoms with Gasteiger partial charge in [-0.1, -0.05) is 20.8 Å². The van der Waals surface area contributed by atoms with Crippen LogP contribution in [0, 0.1) is 0 Å². The minimum Gasteiger partial charge on any atom is -0.475 e. The second kappa shape index (κ2) is 7.59. The third-order valence-electron chi connectivity index (χ3n) is 3.74. The molecule has 0 aromatic carbocycles. The van der Waals surface area contributed by atoms with Crippen LogP contribution < -0.4 is 10.1 Å². The summed E-state index contributed by atoms with van der Waals surface area (Å²) < 4.78 is 6.01. The van der Waals surface area contributed by atoms with Gasteiger partial charge < -0.3 is 15.0 Å². The molecule has 0 amide bonds. The second-order valence-electron chi connectivity index (χ2n) is 6.52. The normalized spacial score (nSPS) is 12.0. The van der Waals surface area contributed by atoms with Crippen LogP contribution in [0.1, 0.15) is 52.5 Å². The molecule has 21 heavy (non-hydrogen) atoms. The lowest BCUT2D eigenvalue weighted by molar-refractivity contribution is 0.110. The van der Waals surface area contributed by atoms with Gasteiger partial charge in [-0.2, -0.15) is 0 Å². The van der Waals surface area contributed by atoms with Crippen LogP contribution in [0.3, 0.4) is 0 Å². The third kappa shape index (κ3) is 4.84. The highest BCUT2D eigenvalue weighted by Crippen LogP contribution is 2.30. The maximum Gasteiger partial charge on any atom is 0.222 e. The highest BCUT2D eigenvalue weighted by molar-refractivity contribution is 5.50. The first-order chi connectivity index (χ1) is 9.79. The Labute approximate surface area is 129 Å². The quantitative estimate of drug-likeness (QED) is 0.798. The van der Waals surface area contributed by atoms with E-state index in [0.29, 0.717) is 18.4 Å². The van der Waals surface area contributed by atoms with E-state index < -0.39 is 0 Å². The molecule has 0 aliphatic heterocycles. The van der Waals surface area contributed by atoms with E-state index in [-0.39, 0.29) is 5.54 Å². The molecule has 0 saturated carbocycles. The lowest BCUT2D eigenvalue weighted by Gasteiger charge is -2.32. The molecule has 5 heteroatoms. The van der Waals surface area contributed by atoms with E-state index >= 15 is 0 Å². The average Bonchev–Trinajstić information content (AvgIpc) is 2.42. The van der Waals surface area contributed by atoms with Crippen molar-refractivity contribution >= 4 is 5.82 Å². The van der Waals surface area contributed by atoms with Crippen LogP contribution in [0.5, 0.6) is 5.88 Å². The molecule has 5 nitrogen and oxygen atoms in total. The van der Waals surface area contributed by atoms with Crippen molar-refractivity contribution in [3.63, 3.8) is 0 Å². The maximum atomic E-state index is 6.01. The first kappa shape index (κ1) is 17.7. The molecule has 0 aliphatic rings. The zero-order valence-electron chi connectivity index (χ0n) is 14.5. The summed E-state index contributed by atoms with van der Waals surface area (Å²) in [5.41, 5.74) is 1.01. The summed E-state index contributed by atoms with van der Waals surface area (Å²) in [7, 11) is 4.11. The predicted molar refractivity (Wildman–Crippen MR) is 88.2 cm³/mol. The predicted octanol–water partition coefficient (Wildman–Crippen LogP) is 3.14. The number of anilines is 1. The van der Waals surface area contributed by atoms with Crippen LogP contribution in [0.2, 0.25) is 0 Å². The van der Waals surface area contributed by atoms with Crippen LogP contribution in [0.15, 0.2) is 6.33 Å². The summed E-state index contributed by atoms with van der Waals surface area (Å²) in [6, 6.07) is 0. The van der Waals surface area contributed by atoms with Crippen molar-refractivity contribution in [1.82, 2.24) is 14.9 Å². The summed E-state index contributed by atoms with van der Waals surface area (Å²) in [6.45, 7) is 12.2. The van der Waals surface area contributed by atoms with E-state index in [1.54, 1.807) is 6.33 Å². The molecular weight excluding hydrogens is 264 g/mol. The van der Waals surface area contributed by atoms with E-state index in [2.05, 4.69) is 68.9 Å². The molecular formula is C16H30N4O. The highest BCUT2D eigenvalue weighted by atomic mass is 16.5. The molecule has 0 unspecified atom stereocenters. The molecule has 0 bridgehead atoms. The Morgan fingerprint density at radius 1 is 1.29 bits per heavy atom. The van der Waals surface area contributed by atoms with Crippen molar-refractivity contribution < 1.29 is 4.74 Å². The van der Waals surface area contributed by atoms with E-state index in [9.17, 15) is 0 Å². The van der Waals surface area contributed by atoms with Crippen LogP contribution >= 0.6 is 0 Å². The summed E-state index contributed by atoms with van der Waals surface area (Å²) in [6.07, 6.45) is 2.63. The number of ether oxygens (including phenoxy) is 1. The van der Waals surface area contributed by atoms with Crippen molar-refractivity contribution in [2.45, 2.75) is 52.5 Å².